The van der Waals surface area contributed by atoms with Crippen LogP contribution in [0.5, 0.6) is 11.5 Å². The molecule has 7 heteroatoms. The van der Waals surface area contributed by atoms with Crippen LogP contribution in [-0.4, -0.2) is 30.4 Å². The molecule has 2 aliphatic rings. The zero-order valence-electron chi connectivity index (χ0n) is 14.2. The largest absolute Gasteiger partial charge is 0.454 e. The average Bonchev–Trinajstić information content (AvgIpc) is 3.10. The number of carbonyl (C=O) groups excluding carboxylic acids is 2. The Kier molecular flexibility index (Phi) is 4.46. The van der Waals surface area contributed by atoms with Crippen LogP contribution < -0.4 is 20.1 Å². The van der Waals surface area contributed by atoms with Crippen molar-refractivity contribution in [1.29, 1.82) is 0 Å². The molecule has 0 radical (unpaired) electrons. The Labute approximate surface area is 155 Å². The smallest absolute Gasteiger partial charge is 0.251 e. The highest BCUT2D eigenvalue weighted by Gasteiger charge is 2.23. The van der Waals surface area contributed by atoms with E-state index >= 15 is 0 Å². The maximum atomic E-state index is 12.4. The first-order chi connectivity index (χ1) is 12.6. The summed E-state index contributed by atoms with van der Waals surface area (Å²) in [6.45, 7) is 2.62. The third-order valence-electron chi connectivity index (χ3n) is 4.31. The first kappa shape index (κ1) is 16.8. The van der Waals surface area contributed by atoms with Gasteiger partial charge in [0.25, 0.3) is 5.91 Å². The van der Waals surface area contributed by atoms with Crippen molar-refractivity contribution < 1.29 is 19.1 Å². The third-order valence-corrected chi connectivity index (χ3v) is 5.49. The zero-order chi connectivity index (χ0) is 18.1. The quantitative estimate of drug-likeness (QED) is 0.865. The summed E-state index contributed by atoms with van der Waals surface area (Å²) >= 11 is 1.50. The highest BCUT2D eigenvalue weighted by Crippen LogP contribution is 2.36. The van der Waals surface area contributed by atoms with Crippen LogP contribution in [0.1, 0.15) is 22.8 Å². The van der Waals surface area contributed by atoms with E-state index < -0.39 is 0 Å². The minimum absolute atomic E-state index is 0.0390. The van der Waals surface area contributed by atoms with Crippen LogP contribution in [0.15, 0.2) is 41.3 Å². The van der Waals surface area contributed by atoms with Gasteiger partial charge in [0, 0.05) is 17.0 Å². The molecule has 2 aromatic carbocycles. The van der Waals surface area contributed by atoms with E-state index in [0.29, 0.717) is 24.2 Å². The van der Waals surface area contributed by atoms with E-state index in [1.807, 2.05) is 31.2 Å². The Balaban J connectivity index is 1.36. The number of fused-ring (bicyclic) bond motifs is 2. The Hall–Kier alpha value is -2.67. The van der Waals surface area contributed by atoms with Gasteiger partial charge in [-0.15, -0.1) is 11.8 Å². The fourth-order valence-electron chi connectivity index (χ4n) is 2.87. The molecule has 0 aromatic heterocycles. The summed E-state index contributed by atoms with van der Waals surface area (Å²) in [5, 5.41) is 5.64. The van der Waals surface area contributed by atoms with Crippen LogP contribution in [0.3, 0.4) is 0 Å². The summed E-state index contributed by atoms with van der Waals surface area (Å²) in [7, 11) is 0. The predicted octanol–water partition coefficient (Wildman–Crippen LogP) is 2.82. The third kappa shape index (κ3) is 3.35. The lowest BCUT2D eigenvalue weighted by Crippen LogP contribution is -2.28. The number of amides is 2. The average molecular weight is 370 g/mol. The molecule has 2 aliphatic heterocycles. The number of carbonyl (C=O) groups is 2. The Bertz CT molecular complexity index is 884. The van der Waals surface area contributed by atoms with Gasteiger partial charge in [0.05, 0.1) is 10.9 Å². The van der Waals surface area contributed by atoms with E-state index in [2.05, 4.69) is 10.6 Å². The minimum Gasteiger partial charge on any atom is -0.454 e. The van der Waals surface area contributed by atoms with Gasteiger partial charge in [-0.2, -0.15) is 0 Å². The SMILES string of the molecule is C[C@H]1Sc2ccc(C(=O)NCCc3ccc4c(c3)OCO4)cc2NC1=O. The molecule has 0 bridgehead atoms. The minimum atomic E-state index is -0.161. The van der Waals surface area contributed by atoms with Crippen molar-refractivity contribution in [2.24, 2.45) is 0 Å². The molecule has 0 spiro atoms. The van der Waals surface area contributed by atoms with Crippen LogP contribution in [0.25, 0.3) is 0 Å². The molecular formula is C19H18N2O4S. The molecule has 4 rings (SSSR count). The van der Waals surface area contributed by atoms with E-state index in [-0.39, 0.29) is 23.9 Å². The van der Waals surface area contributed by atoms with Gasteiger partial charge < -0.3 is 20.1 Å². The van der Waals surface area contributed by atoms with Crippen LogP contribution in [0.4, 0.5) is 5.69 Å². The van der Waals surface area contributed by atoms with Gasteiger partial charge in [-0.05, 0) is 49.2 Å². The van der Waals surface area contributed by atoms with Crippen LogP contribution in [-0.2, 0) is 11.2 Å². The van der Waals surface area contributed by atoms with E-state index in [0.717, 1.165) is 22.0 Å². The zero-order valence-corrected chi connectivity index (χ0v) is 15.0. The molecule has 0 aliphatic carbocycles. The second-order valence-electron chi connectivity index (χ2n) is 6.15. The topological polar surface area (TPSA) is 76.7 Å². The molecule has 134 valence electrons. The second kappa shape index (κ2) is 6.92. The summed E-state index contributed by atoms with van der Waals surface area (Å²) in [5.74, 6) is 1.29. The van der Waals surface area contributed by atoms with Gasteiger partial charge in [0.2, 0.25) is 12.7 Å². The van der Waals surface area contributed by atoms with Crippen molar-refractivity contribution >= 4 is 29.3 Å². The summed E-state index contributed by atoms with van der Waals surface area (Å²) in [6.07, 6.45) is 0.692. The molecule has 6 nitrogen and oxygen atoms in total. The number of hydrogen-bond donors (Lipinski definition) is 2. The van der Waals surface area contributed by atoms with Crippen molar-refractivity contribution in [2.45, 2.75) is 23.5 Å². The number of nitrogens with one attached hydrogen (secondary N) is 2. The molecule has 0 fully saturated rings. The summed E-state index contributed by atoms with van der Waals surface area (Å²) in [6, 6.07) is 11.2. The van der Waals surface area contributed by atoms with Crippen molar-refractivity contribution in [3.8, 4) is 11.5 Å². The van der Waals surface area contributed by atoms with Crippen LogP contribution in [0.2, 0.25) is 0 Å². The number of hydrogen-bond acceptors (Lipinski definition) is 5. The second-order valence-corrected chi connectivity index (χ2v) is 7.54. The standard InChI is InChI=1S/C19H18N2O4S/c1-11-18(22)21-14-9-13(3-5-17(14)26-11)19(23)20-7-6-12-2-4-15-16(8-12)25-10-24-15/h2-5,8-9,11H,6-7,10H2,1H3,(H,20,23)(H,21,22)/t11-/m1/s1. The molecule has 2 amide bonds. The van der Waals surface area contributed by atoms with Gasteiger partial charge in [-0.3, -0.25) is 9.59 Å². The molecule has 2 aromatic rings. The molecule has 0 saturated carbocycles. The Morgan fingerprint density at radius 2 is 2.08 bits per heavy atom. The normalized spacial score (nSPS) is 17.4. The Morgan fingerprint density at radius 1 is 1.23 bits per heavy atom. The highest BCUT2D eigenvalue weighted by molar-refractivity contribution is 8.00. The molecule has 2 N–H and O–H groups in total. The van der Waals surface area contributed by atoms with Gasteiger partial charge in [0.15, 0.2) is 11.5 Å². The number of benzene rings is 2. The van der Waals surface area contributed by atoms with E-state index in [9.17, 15) is 9.59 Å². The van der Waals surface area contributed by atoms with E-state index in [1.165, 1.54) is 11.8 Å². The molecule has 2 heterocycles. The molecule has 0 saturated heterocycles. The lowest BCUT2D eigenvalue weighted by molar-refractivity contribution is -0.115. The van der Waals surface area contributed by atoms with Crippen LogP contribution in [0, 0.1) is 0 Å². The summed E-state index contributed by atoms with van der Waals surface area (Å²) in [4.78, 5) is 25.2. The van der Waals surface area contributed by atoms with Crippen LogP contribution >= 0.6 is 11.8 Å². The van der Waals surface area contributed by atoms with Gasteiger partial charge >= 0.3 is 0 Å². The van der Waals surface area contributed by atoms with Crippen molar-refractivity contribution in [2.75, 3.05) is 18.7 Å². The van der Waals surface area contributed by atoms with E-state index in [1.54, 1.807) is 12.1 Å². The number of rotatable bonds is 4. The van der Waals surface area contributed by atoms with Gasteiger partial charge in [-0.1, -0.05) is 6.07 Å². The monoisotopic (exact) mass is 370 g/mol. The summed E-state index contributed by atoms with van der Waals surface area (Å²) in [5.41, 5.74) is 2.30. The summed E-state index contributed by atoms with van der Waals surface area (Å²) < 4.78 is 10.6. The first-order valence-corrected chi connectivity index (χ1v) is 9.26. The Morgan fingerprint density at radius 3 is 2.96 bits per heavy atom. The fraction of sp³-hybridized carbons (Fsp3) is 0.263. The number of anilines is 1. The predicted molar refractivity (Wildman–Crippen MR) is 99.0 cm³/mol. The molecule has 1 atom stereocenters. The lowest BCUT2D eigenvalue weighted by atomic mass is 10.1. The number of ether oxygens (including phenoxy) is 2. The first-order valence-electron chi connectivity index (χ1n) is 8.38. The highest BCUT2D eigenvalue weighted by atomic mass is 32.2. The fourth-order valence-corrected chi connectivity index (χ4v) is 3.80. The molecular weight excluding hydrogens is 352 g/mol. The van der Waals surface area contributed by atoms with Crippen molar-refractivity contribution in [3.05, 3.63) is 47.5 Å². The van der Waals surface area contributed by atoms with Crippen molar-refractivity contribution in [3.63, 3.8) is 0 Å². The van der Waals surface area contributed by atoms with Gasteiger partial charge in [0.1, 0.15) is 0 Å². The maximum absolute atomic E-state index is 12.4. The van der Waals surface area contributed by atoms with E-state index in [4.69, 9.17) is 9.47 Å². The lowest BCUT2D eigenvalue weighted by Gasteiger charge is -2.21. The number of thioether (sulfide) groups is 1. The van der Waals surface area contributed by atoms with Crippen molar-refractivity contribution in [1.82, 2.24) is 5.32 Å². The molecule has 0 unspecified atom stereocenters. The maximum Gasteiger partial charge on any atom is 0.251 e. The van der Waals surface area contributed by atoms with Gasteiger partial charge in [-0.25, -0.2) is 0 Å². The molecule has 26 heavy (non-hydrogen) atoms.